The number of aliphatic hydroxyl groups is 1. The van der Waals surface area contributed by atoms with E-state index < -0.39 is 0 Å². The lowest BCUT2D eigenvalue weighted by Gasteiger charge is -2.03. The standard InChI is InChI=1S/C9H14N2O2/c1-13-9-4-2-3-8(11-9)7-10-5-6-12/h2-4,10,12H,5-7H2,1H3. The fourth-order valence-corrected chi connectivity index (χ4v) is 0.965. The van der Waals surface area contributed by atoms with E-state index in [1.807, 2.05) is 12.1 Å². The van der Waals surface area contributed by atoms with E-state index in [9.17, 15) is 0 Å². The third-order valence-electron chi connectivity index (χ3n) is 1.59. The number of pyridine rings is 1. The van der Waals surface area contributed by atoms with Gasteiger partial charge in [-0.05, 0) is 6.07 Å². The minimum Gasteiger partial charge on any atom is -0.481 e. The first-order valence-electron chi connectivity index (χ1n) is 4.18. The van der Waals surface area contributed by atoms with E-state index >= 15 is 0 Å². The van der Waals surface area contributed by atoms with Crippen molar-refractivity contribution in [1.82, 2.24) is 10.3 Å². The Labute approximate surface area is 77.6 Å². The van der Waals surface area contributed by atoms with Crippen LogP contribution in [0.4, 0.5) is 0 Å². The summed E-state index contributed by atoms with van der Waals surface area (Å²) in [4.78, 5) is 4.20. The molecule has 0 aliphatic heterocycles. The maximum Gasteiger partial charge on any atom is 0.213 e. The van der Waals surface area contributed by atoms with Gasteiger partial charge in [0.2, 0.25) is 5.88 Å². The highest BCUT2D eigenvalue weighted by Gasteiger charge is 1.95. The van der Waals surface area contributed by atoms with Crippen LogP contribution in [0.2, 0.25) is 0 Å². The van der Waals surface area contributed by atoms with Crippen molar-refractivity contribution < 1.29 is 9.84 Å². The van der Waals surface area contributed by atoms with Crippen LogP contribution < -0.4 is 10.1 Å². The smallest absolute Gasteiger partial charge is 0.213 e. The highest BCUT2D eigenvalue weighted by Crippen LogP contribution is 2.05. The summed E-state index contributed by atoms with van der Waals surface area (Å²) >= 11 is 0. The summed E-state index contributed by atoms with van der Waals surface area (Å²) in [5.41, 5.74) is 0.910. The maximum absolute atomic E-state index is 8.54. The predicted octanol–water partition coefficient (Wildman–Crippen LogP) is 0.172. The van der Waals surface area contributed by atoms with Gasteiger partial charge in [0.15, 0.2) is 0 Å². The topological polar surface area (TPSA) is 54.4 Å². The first-order valence-corrected chi connectivity index (χ1v) is 4.18. The predicted molar refractivity (Wildman–Crippen MR) is 49.6 cm³/mol. The summed E-state index contributed by atoms with van der Waals surface area (Å²) in [6.45, 7) is 1.38. The average molecular weight is 182 g/mol. The molecule has 0 unspecified atom stereocenters. The summed E-state index contributed by atoms with van der Waals surface area (Å²) < 4.78 is 4.97. The fraction of sp³-hybridized carbons (Fsp3) is 0.444. The molecule has 72 valence electrons. The average Bonchev–Trinajstić information content (AvgIpc) is 2.19. The Hall–Kier alpha value is -1.13. The zero-order valence-electron chi connectivity index (χ0n) is 7.66. The fourth-order valence-electron chi connectivity index (χ4n) is 0.965. The van der Waals surface area contributed by atoms with Crippen molar-refractivity contribution in [2.45, 2.75) is 6.54 Å². The number of nitrogens with one attached hydrogen (secondary N) is 1. The monoisotopic (exact) mass is 182 g/mol. The molecular formula is C9H14N2O2. The van der Waals surface area contributed by atoms with Gasteiger partial charge in [-0.3, -0.25) is 0 Å². The zero-order chi connectivity index (χ0) is 9.52. The summed E-state index contributed by atoms with van der Waals surface area (Å²) in [6.07, 6.45) is 0. The Balaban J connectivity index is 2.46. The molecular weight excluding hydrogens is 168 g/mol. The van der Waals surface area contributed by atoms with Crippen LogP contribution in [0.25, 0.3) is 0 Å². The Bertz CT molecular complexity index is 253. The third-order valence-corrected chi connectivity index (χ3v) is 1.59. The molecule has 0 spiro atoms. The molecule has 0 radical (unpaired) electrons. The molecule has 0 saturated heterocycles. The highest BCUT2D eigenvalue weighted by molar-refractivity contribution is 5.15. The van der Waals surface area contributed by atoms with Gasteiger partial charge in [-0.25, -0.2) is 4.98 Å². The summed E-state index contributed by atoms with van der Waals surface area (Å²) in [7, 11) is 1.59. The second-order valence-electron chi connectivity index (χ2n) is 2.57. The molecule has 0 amide bonds. The van der Waals surface area contributed by atoms with Crippen molar-refractivity contribution >= 4 is 0 Å². The normalized spacial score (nSPS) is 10.0. The number of aromatic nitrogens is 1. The molecule has 0 bridgehead atoms. The second kappa shape index (κ2) is 5.50. The van der Waals surface area contributed by atoms with Crippen molar-refractivity contribution in [3.05, 3.63) is 23.9 Å². The second-order valence-corrected chi connectivity index (χ2v) is 2.57. The van der Waals surface area contributed by atoms with E-state index in [-0.39, 0.29) is 6.61 Å². The first-order chi connectivity index (χ1) is 6.36. The molecule has 0 fully saturated rings. The lowest BCUT2D eigenvalue weighted by Crippen LogP contribution is -2.18. The number of hydrogen-bond donors (Lipinski definition) is 2. The Morgan fingerprint density at radius 1 is 1.54 bits per heavy atom. The van der Waals surface area contributed by atoms with Crippen molar-refractivity contribution in [2.24, 2.45) is 0 Å². The molecule has 4 heteroatoms. The number of ether oxygens (including phenoxy) is 1. The van der Waals surface area contributed by atoms with Gasteiger partial charge in [-0.2, -0.15) is 0 Å². The molecule has 0 aliphatic carbocycles. The molecule has 1 rings (SSSR count). The molecule has 0 atom stereocenters. The van der Waals surface area contributed by atoms with E-state index in [4.69, 9.17) is 9.84 Å². The van der Waals surface area contributed by atoms with Crippen molar-refractivity contribution in [3.8, 4) is 5.88 Å². The third kappa shape index (κ3) is 3.40. The lowest BCUT2D eigenvalue weighted by atomic mass is 10.3. The molecule has 0 aliphatic rings. The maximum atomic E-state index is 8.54. The summed E-state index contributed by atoms with van der Waals surface area (Å²) in [5, 5.41) is 11.6. The Morgan fingerprint density at radius 2 is 2.38 bits per heavy atom. The van der Waals surface area contributed by atoms with Crippen molar-refractivity contribution in [2.75, 3.05) is 20.3 Å². The Morgan fingerprint density at radius 3 is 3.08 bits per heavy atom. The van der Waals surface area contributed by atoms with Gasteiger partial charge in [0.25, 0.3) is 0 Å². The van der Waals surface area contributed by atoms with Crippen LogP contribution in [0.5, 0.6) is 5.88 Å². The van der Waals surface area contributed by atoms with E-state index in [2.05, 4.69) is 10.3 Å². The van der Waals surface area contributed by atoms with E-state index in [1.54, 1.807) is 13.2 Å². The Kier molecular flexibility index (Phi) is 4.21. The van der Waals surface area contributed by atoms with Gasteiger partial charge < -0.3 is 15.2 Å². The van der Waals surface area contributed by atoms with Crippen LogP contribution in [-0.4, -0.2) is 30.4 Å². The highest BCUT2D eigenvalue weighted by atomic mass is 16.5. The number of rotatable bonds is 5. The number of aliphatic hydroxyl groups excluding tert-OH is 1. The SMILES string of the molecule is COc1cccc(CNCCO)n1. The molecule has 0 saturated carbocycles. The first kappa shape index (κ1) is 9.95. The number of hydrogen-bond acceptors (Lipinski definition) is 4. The van der Waals surface area contributed by atoms with Crippen LogP contribution in [0.3, 0.4) is 0 Å². The molecule has 4 nitrogen and oxygen atoms in total. The molecule has 2 N–H and O–H groups in total. The summed E-state index contributed by atoms with van der Waals surface area (Å²) in [6, 6.07) is 5.60. The van der Waals surface area contributed by atoms with Gasteiger partial charge in [-0.15, -0.1) is 0 Å². The minimum atomic E-state index is 0.143. The molecule has 0 aromatic carbocycles. The van der Waals surface area contributed by atoms with Crippen LogP contribution >= 0.6 is 0 Å². The van der Waals surface area contributed by atoms with Gasteiger partial charge in [-0.1, -0.05) is 6.07 Å². The van der Waals surface area contributed by atoms with Crippen LogP contribution in [0, 0.1) is 0 Å². The minimum absolute atomic E-state index is 0.143. The van der Waals surface area contributed by atoms with Crippen LogP contribution in [0.1, 0.15) is 5.69 Å². The number of nitrogens with zero attached hydrogens (tertiary/aromatic N) is 1. The van der Waals surface area contributed by atoms with Crippen molar-refractivity contribution in [1.29, 1.82) is 0 Å². The largest absolute Gasteiger partial charge is 0.481 e. The summed E-state index contributed by atoms with van der Waals surface area (Å²) in [5.74, 6) is 0.614. The molecule has 1 heterocycles. The molecule has 1 aromatic rings. The van der Waals surface area contributed by atoms with Crippen LogP contribution in [-0.2, 0) is 6.54 Å². The zero-order valence-corrected chi connectivity index (χ0v) is 7.66. The van der Waals surface area contributed by atoms with E-state index in [1.165, 1.54) is 0 Å². The van der Waals surface area contributed by atoms with Gasteiger partial charge in [0, 0.05) is 19.2 Å². The van der Waals surface area contributed by atoms with Crippen LogP contribution in [0.15, 0.2) is 18.2 Å². The van der Waals surface area contributed by atoms with Gasteiger partial charge >= 0.3 is 0 Å². The quantitative estimate of drug-likeness (QED) is 0.637. The molecule has 13 heavy (non-hydrogen) atoms. The van der Waals surface area contributed by atoms with Gasteiger partial charge in [0.05, 0.1) is 19.4 Å². The number of methoxy groups -OCH3 is 1. The van der Waals surface area contributed by atoms with Gasteiger partial charge in [0.1, 0.15) is 0 Å². The van der Waals surface area contributed by atoms with E-state index in [0.29, 0.717) is 19.0 Å². The molecule has 1 aromatic heterocycles. The van der Waals surface area contributed by atoms with Crippen molar-refractivity contribution in [3.63, 3.8) is 0 Å². The van der Waals surface area contributed by atoms with E-state index in [0.717, 1.165) is 5.69 Å². The lowest BCUT2D eigenvalue weighted by molar-refractivity contribution is 0.291.